The lowest BCUT2D eigenvalue weighted by Gasteiger charge is -2.37. The van der Waals surface area contributed by atoms with Crippen LogP contribution in [0, 0.1) is 0 Å². The Bertz CT molecular complexity index is 2120. The molecule has 4 aromatic carbocycles. The molecule has 0 saturated heterocycles. The average molecular weight is 780 g/mol. The molecule has 16 heteroatoms. The third-order valence-corrected chi connectivity index (χ3v) is 12.0. The van der Waals surface area contributed by atoms with Crippen LogP contribution in [0.15, 0.2) is 89.8 Å². The van der Waals surface area contributed by atoms with Gasteiger partial charge in [0.25, 0.3) is 0 Å². The molecule has 55 heavy (non-hydrogen) atoms. The van der Waals surface area contributed by atoms with Crippen LogP contribution in [-0.2, 0) is 35.8 Å². The highest BCUT2D eigenvalue weighted by Gasteiger charge is 2.44. The van der Waals surface area contributed by atoms with E-state index in [-0.39, 0.29) is 43.5 Å². The molecule has 1 aliphatic rings. The molecule has 0 bridgehead atoms. The zero-order chi connectivity index (χ0) is 39.4. The molecule has 12 nitrogen and oxygen atoms in total. The van der Waals surface area contributed by atoms with Crippen LogP contribution >= 0.6 is 0 Å². The van der Waals surface area contributed by atoms with Crippen LogP contribution in [0.3, 0.4) is 0 Å². The maximum atomic E-state index is 15.2. The van der Waals surface area contributed by atoms with E-state index >= 15 is 21.6 Å². The van der Waals surface area contributed by atoms with E-state index in [1.165, 1.54) is 25.1 Å². The predicted octanol–water partition coefficient (Wildman–Crippen LogP) is 6.14. The van der Waals surface area contributed by atoms with Crippen molar-refractivity contribution in [2.75, 3.05) is 27.9 Å². The Morgan fingerprint density at radius 3 is 1.75 bits per heavy atom. The van der Waals surface area contributed by atoms with Gasteiger partial charge in [0.2, 0.25) is 15.8 Å². The smallest absolute Gasteiger partial charge is 0.417 e. The Labute approximate surface area is 318 Å². The summed E-state index contributed by atoms with van der Waals surface area (Å²) in [6.45, 7) is -0.157. The van der Waals surface area contributed by atoms with Gasteiger partial charge < -0.3 is 25.7 Å². The summed E-state index contributed by atoms with van der Waals surface area (Å²) in [4.78, 5) is 0.288. The van der Waals surface area contributed by atoms with Gasteiger partial charge in [0, 0.05) is 30.7 Å². The molecule has 0 unspecified atom stereocenters. The molecule has 1 saturated carbocycles. The van der Waals surface area contributed by atoms with Crippen LogP contribution in [0.1, 0.15) is 59.4 Å². The van der Waals surface area contributed by atoms with Gasteiger partial charge in [-0.15, -0.1) is 10.2 Å². The number of alkyl halides is 3. The molecular weight excluding hydrogens is 736 g/mol. The Morgan fingerprint density at radius 2 is 1.29 bits per heavy atom. The van der Waals surface area contributed by atoms with E-state index < -0.39 is 32.2 Å². The van der Waals surface area contributed by atoms with Crippen molar-refractivity contribution in [3.63, 3.8) is 0 Å². The third kappa shape index (κ3) is 8.93. The number of hydrogen-bond acceptors (Lipinski definition) is 10. The molecule has 5 aromatic rings. The van der Waals surface area contributed by atoms with Crippen molar-refractivity contribution in [1.82, 2.24) is 24.5 Å². The first kappa shape index (κ1) is 39.7. The van der Waals surface area contributed by atoms with Gasteiger partial charge >= 0.3 is 6.18 Å². The SMILES string of the molecule is COc1ccc(CN(Cc2ccc(OC)cc2)S(=O)(=O)c2c(C(F)(F)F)ccc(C3CCC(N)(CN)CC3)c2-c2nnn(Cc3ccc(OC)cc3)n2)cc1. The van der Waals surface area contributed by atoms with Crippen molar-refractivity contribution in [3.8, 4) is 28.6 Å². The number of nitrogens with zero attached hydrogens (tertiary/aromatic N) is 5. The van der Waals surface area contributed by atoms with Gasteiger partial charge in [0.1, 0.15) is 22.1 Å². The zero-order valence-corrected chi connectivity index (χ0v) is 31.6. The highest BCUT2D eigenvalue weighted by atomic mass is 32.2. The molecule has 1 aliphatic carbocycles. The Hall–Kier alpha value is -5.03. The molecule has 0 spiro atoms. The van der Waals surface area contributed by atoms with Crippen molar-refractivity contribution >= 4 is 10.0 Å². The summed E-state index contributed by atoms with van der Waals surface area (Å²) in [7, 11) is -0.448. The number of halogens is 3. The summed E-state index contributed by atoms with van der Waals surface area (Å²) >= 11 is 0. The van der Waals surface area contributed by atoms with Crippen molar-refractivity contribution in [1.29, 1.82) is 0 Å². The lowest BCUT2D eigenvalue weighted by molar-refractivity contribution is -0.139. The van der Waals surface area contributed by atoms with E-state index in [2.05, 4.69) is 15.4 Å². The van der Waals surface area contributed by atoms with E-state index in [4.69, 9.17) is 25.7 Å². The second-order valence-corrected chi connectivity index (χ2v) is 15.6. The summed E-state index contributed by atoms with van der Waals surface area (Å²) in [6, 6.07) is 22.6. The first-order valence-electron chi connectivity index (χ1n) is 17.7. The van der Waals surface area contributed by atoms with Crippen molar-refractivity contribution < 1.29 is 35.8 Å². The molecule has 0 amide bonds. The molecule has 292 valence electrons. The standard InChI is InChI=1S/C39H44F3N7O5S/c1-52-30-10-4-26(5-11-30)22-48(23-27-6-12-31(53-2)13-7-27)55(50,51)36-34(39(40,41)42)17-16-33(29-18-20-38(44,25-43)21-19-29)35(36)37-45-47-49(46-37)24-28-8-14-32(54-3)15-9-28/h4-17,29H,18-25,43-44H2,1-3H3. The van der Waals surface area contributed by atoms with Gasteiger partial charge in [0.05, 0.1) is 33.4 Å². The van der Waals surface area contributed by atoms with Gasteiger partial charge in [-0.1, -0.05) is 42.5 Å². The molecule has 6 rings (SSSR count). The number of hydrogen-bond donors (Lipinski definition) is 2. The van der Waals surface area contributed by atoms with Crippen LogP contribution in [0.4, 0.5) is 13.2 Å². The number of ether oxygens (including phenoxy) is 3. The fourth-order valence-corrected chi connectivity index (χ4v) is 8.72. The summed E-state index contributed by atoms with van der Waals surface area (Å²) in [5, 5.41) is 12.9. The van der Waals surface area contributed by atoms with Crippen LogP contribution in [-0.4, -0.2) is 66.3 Å². The Morgan fingerprint density at radius 1 is 0.800 bits per heavy atom. The fourth-order valence-electron chi connectivity index (χ4n) is 6.90. The lowest BCUT2D eigenvalue weighted by atomic mass is 9.73. The minimum Gasteiger partial charge on any atom is -0.497 e. The highest BCUT2D eigenvalue weighted by Crippen LogP contribution is 2.47. The Kier molecular flexibility index (Phi) is 11.8. The van der Waals surface area contributed by atoms with Crippen LogP contribution in [0.5, 0.6) is 17.2 Å². The predicted molar refractivity (Wildman–Crippen MR) is 200 cm³/mol. The minimum absolute atomic E-state index is 0.115. The maximum absolute atomic E-state index is 15.2. The molecule has 0 radical (unpaired) electrons. The van der Waals surface area contributed by atoms with Gasteiger partial charge in [-0.05, 0) is 102 Å². The molecule has 0 atom stereocenters. The highest BCUT2D eigenvalue weighted by molar-refractivity contribution is 7.89. The van der Waals surface area contributed by atoms with E-state index in [0.717, 1.165) is 15.9 Å². The zero-order valence-electron chi connectivity index (χ0n) is 30.8. The summed E-state index contributed by atoms with van der Waals surface area (Å²) in [6.07, 6.45) is -3.15. The van der Waals surface area contributed by atoms with E-state index in [0.29, 0.717) is 59.6 Å². The van der Waals surface area contributed by atoms with Gasteiger partial charge in [-0.2, -0.15) is 22.3 Å². The number of methoxy groups -OCH3 is 3. The first-order valence-corrected chi connectivity index (χ1v) is 19.1. The number of aromatic nitrogens is 4. The molecule has 1 heterocycles. The molecule has 1 fully saturated rings. The quantitative estimate of drug-likeness (QED) is 0.134. The number of benzene rings is 4. The number of rotatable bonds is 14. The Balaban J connectivity index is 1.54. The molecular formula is C39H44F3N7O5S. The minimum atomic E-state index is -5.07. The maximum Gasteiger partial charge on any atom is 0.417 e. The average Bonchev–Trinajstić information content (AvgIpc) is 3.66. The number of tetrazole rings is 1. The third-order valence-electron chi connectivity index (χ3n) is 10.1. The van der Waals surface area contributed by atoms with Crippen LogP contribution in [0.2, 0.25) is 0 Å². The molecule has 1 aromatic heterocycles. The summed E-state index contributed by atoms with van der Waals surface area (Å²) in [5.74, 6) is 1.10. The van der Waals surface area contributed by atoms with E-state index in [1.807, 2.05) is 0 Å². The molecule has 4 N–H and O–H groups in total. The first-order chi connectivity index (χ1) is 26.3. The van der Waals surface area contributed by atoms with Crippen LogP contribution < -0.4 is 25.7 Å². The summed E-state index contributed by atoms with van der Waals surface area (Å²) < 4.78 is 93.0. The van der Waals surface area contributed by atoms with Crippen molar-refractivity contribution in [2.45, 2.75) is 67.8 Å². The topological polar surface area (TPSA) is 161 Å². The van der Waals surface area contributed by atoms with Crippen molar-refractivity contribution in [2.24, 2.45) is 11.5 Å². The van der Waals surface area contributed by atoms with Gasteiger partial charge in [-0.3, -0.25) is 0 Å². The molecule has 0 aliphatic heterocycles. The largest absolute Gasteiger partial charge is 0.497 e. The van der Waals surface area contributed by atoms with Gasteiger partial charge in [-0.25, -0.2) is 8.42 Å². The number of nitrogens with two attached hydrogens (primary N) is 2. The summed E-state index contributed by atoms with van der Waals surface area (Å²) in [5.41, 5.74) is 12.5. The second kappa shape index (κ2) is 16.4. The second-order valence-electron chi connectivity index (χ2n) is 13.7. The van der Waals surface area contributed by atoms with E-state index in [1.54, 1.807) is 79.9 Å². The lowest BCUT2D eigenvalue weighted by Crippen LogP contribution is -2.49. The van der Waals surface area contributed by atoms with Crippen LogP contribution in [0.25, 0.3) is 11.4 Å². The van der Waals surface area contributed by atoms with E-state index in [9.17, 15) is 0 Å². The van der Waals surface area contributed by atoms with Gasteiger partial charge in [0.15, 0.2) is 0 Å². The van der Waals surface area contributed by atoms with Crippen molar-refractivity contribution in [3.05, 3.63) is 113 Å². The fraction of sp³-hybridized carbons (Fsp3) is 0.359. The monoisotopic (exact) mass is 779 g/mol. The normalized spacial score (nSPS) is 17.7. The number of sulfonamides is 1.